The molecule has 72 valence electrons. The first-order valence-electron chi connectivity index (χ1n) is 0. The SMILES string of the molecule is [Fe+3].[Fe+3].[O-2].[O-2].[O-2].[Pt].[Pt].[Rh].[Rh]. The van der Waals surface area contributed by atoms with Crippen molar-refractivity contribution in [1.82, 2.24) is 0 Å². The number of hydrogen-bond donors (Lipinski definition) is 0. The minimum atomic E-state index is 0. The summed E-state index contributed by atoms with van der Waals surface area (Å²) in [6.07, 6.45) is 0. The summed E-state index contributed by atoms with van der Waals surface area (Å²) in [7, 11) is 0. The third-order valence-electron chi connectivity index (χ3n) is 0. The second kappa shape index (κ2) is 102. The van der Waals surface area contributed by atoms with Gasteiger partial charge in [0.1, 0.15) is 0 Å². The minimum Gasteiger partial charge on any atom is -2.00 e. The molecule has 3 nitrogen and oxygen atoms in total. The summed E-state index contributed by atoms with van der Waals surface area (Å²) in [6.45, 7) is 0. The molecular weight excluding hydrogens is 756 g/mol. The van der Waals surface area contributed by atoms with E-state index in [1.54, 1.807) is 0 Å². The molecule has 0 aliphatic rings. The van der Waals surface area contributed by atoms with E-state index in [1.807, 2.05) is 0 Å². The quantitative estimate of drug-likeness (QED) is 0.303. The molecule has 4 radical (unpaired) electrons. The van der Waals surface area contributed by atoms with E-state index in [0.29, 0.717) is 0 Å². The maximum Gasteiger partial charge on any atom is 3.00 e. The summed E-state index contributed by atoms with van der Waals surface area (Å²) in [5.74, 6) is 0. The zero-order chi connectivity index (χ0) is 0. The molecule has 0 rings (SSSR count). The molecular formula is Fe2O3Pt2Rh2. The third-order valence-corrected chi connectivity index (χ3v) is 0. The van der Waals surface area contributed by atoms with Gasteiger partial charge >= 0.3 is 34.1 Å². The monoisotopic (exact) mass is 756 g/mol. The fourth-order valence-electron chi connectivity index (χ4n) is 0. The molecule has 0 fully saturated rings. The largest absolute Gasteiger partial charge is 3.00 e. The van der Waals surface area contributed by atoms with Crippen molar-refractivity contribution in [3.63, 3.8) is 0 Å². The van der Waals surface area contributed by atoms with Crippen molar-refractivity contribution >= 4 is 0 Å². The molecule has 0 atom stereocenters. The average molecular weight is 756 g/mol. The third kappa shape index (κ3) is 83.8. The van der Waals surface area contributed by atoms with Gasteiger partial charge in [-0.25, -0.2) is 0 Å². The molecule has 0 aromatic heterocycles. The van der Waals surface area contributed by atoms with E-state index < -0.39 is 0 Å². The van der Waals surface area contributed by atoms with Crippen LogP contribution in [0.1, 0.15) is 0 Å². The molecule has 0 bridgehead atoms. The number of hydrogen-bond acceptors (Lipinski definition) is 0. The van der Waals surface area contributed by atoms with Gasteiger partial charge in [0.05, 0.1) is 0 Å². The van der Waals surface area contributed by atoms with Crippen molar-refractivity contribution in [3.05, 3.63) is 0 Å². The van der Waals surface area contributed by atoms with E-state index >= 15 is 0 Å². The summed E-state index contributed by atoms with van der Waals surface area (Å²) in [5.41, 5.74) is 0. The van der Waals surface area contributed by atoms with Crippen LogP contribution in [0.15, 0.2) is 0 Å². The molecule has 9 heteroatoms. The summed E-state index contributed by atoms with van der Waals surface area (Å²) in [5, 5.41) is 0. The molecule has 0 aromatic carbocycles. The van der Waals surface area contributed by atoms with Gasteiger partial charge < -0.3 is 16.4 Å². The molecule has 0 aromatic rings. The van der Waals surface area contributed by atoms with Crippen LogP contribution in [-0.2, 0) is 132 Å². The van der Waals surface area contributed by atoms with Crippen molar-refractivity contribution in [2.24, 2.45) is 0 Å². The fourth-order valence-corrected chi connectivity index (χ4v) is 0. The van der Waals surface area contributed by atoms with Gasteiger partial charge in [0.25, 0.3) is 0 Å². The Hall–Kier alpha value is 3.54. The van der Waals surface area contributed by atoms with E-state index in [2.05, 4.69) is 0 Å². The van der Waals surface area contributed by atoms with E-state index in [9.17, 15) is 0 Å². The second-order valence-electron chi connectivity index (χ2n) is 0. The standard InChI is InChI=1S/2Fe.3O.2Pt.2Rh/q2*+3;3*-2;;;;. The molecule has 0 saturated carbocycles. The van der Waals surface area contributed by atoms with Crippen LogP contribution in [0, 0.1) is 0 Å². The molecule has 0 saturated heterocycles. The van der Waals surface area contributed by atoms with E-state index in [0.717, 1.165) is 0 Å². The van der Waals surface area contributed by atoms with Crippen molar-refractivity contribution in [3.8, 4) is 0 Å². The topological polar surface area (TPSA) is 85.5 Å². The van der Waals surface area contributed by atoms with Crippen molar-refractivity contribution in [1.29, 1.82) is 0 Å². The summed E-state index contributed by atoms with van der Waals surface area (Å²) < 4.78 is 0. The molecule has 9 heavy (non-hydrogen) atoms. The van der Waals surface area contributed by atoms with Gasteiger partial charge in [-0.3, -0.25) is 0 Å². The number of rotatable bonds is 0. The Labute approximate surface area is 130 Å². The maximum absolute atomic E-state index is 0. The van der Waals surface area contributed by atoms with Gasteiger partial charge in [-0.15, -0.1) is 0 Å². The van der Waals surface area contributed by atoms with Crippen molar-refractivity contribution in [2.45, 2.75) is 0 Å². The summed E-state index contributed by atoms with van der Waals surface area (Å²) in [4.78, 5) is 0. The summed E-state index contributed by atoms with van der Waals surface area (Å²) in [6, 6.07) is 0. The van der Waals surface area contributed by atoms with Gasteiger partial charge in [0, 0.05) is 81.1 Å². The molecule has 0 amide bonds. The Bertz CT molecular complexity index is 17.8. The molecule has 0 N–H and O–H groups in total. The van der Waals surface area contributed by atoms with Gasteiger partial charge in [0.15, 0.2) is 0 Å². The van der Waals surface area contributed by atoms with E-state index in [-0.39, 0.29) is 132 Å². The average Bonchev–Trinajstić information content (AvgIpc) is 0. The predicted molar refractivity (Wildman–Crippen MR) is 2.06 cm³/mol. The molecule has 0 unspecified atom stereocenters. The van der Waals surface area contributed by atoms with Crippen LogP contribution < -0.4 is 0 Å². The summed E-state index contributed by atoms with van der Waals surface area (Å²) >= 11 is 0. The fraction of sp³-hybridized carbons (Fsp3) is 0. The first-order valence-corrected chi connectivity index (χ1v) is 0. The van der Waals surface area contributed by atoms with Gasteiger partial charge in [0.2, 0.25) is 0 Å². The maximum atomic E-state index is 0. The van der Waals surface area contributed by atoms with Gasteiger partial charge in [-0.1, -0.05) is 0 Å². The van der Waals surface area contributed by atoms with Crippen LogP contribution in [0.4, 0.5) is 0 Å². The predicted octanol–water partition coefficient (Wildman–Crippen LogP) is -0.371. The Morgan fingerprint density at radius 1 is 0.444 bits per heavy atom. The molecule has 0 heterocycles. The van der Waals surface area contributed by atoms with Crippen LogP contribution in [0.2, 0.25) is 0 Å². The van der Waals surface area contributed by atoms with E-state index in [4.69, 9.17) is 0 Å². The van der Waals surface area contributed by atoms with Gasteiger partial charge in [-0.05, 0) is 0 Å². The zero-order valence-electron chi connectivity index (χ0n) is 3.23. The first-order chi connectivity index (χ1) is 0. The smallest absolute Gasteiger partial charge is 2.00 e. The normalized spacial score (nSPS) is 0. The Kier molecular flexibility index (Phi) is 1510. The first kappa shape index (κ1) is 133. The Morgan fingerprint density at radius 3 is 0.444 bits per heavy atom. The minimum absolute atomic E-state index is 0. The second-order valence-corrected chi connectivity index (χ2v) is 0. The van der Waals surface area contributed by atoms with Crippen LogP contribution in [0.5, 0.6) is 0 Å². The Balaban J connectivity index is 0. The molecule has 0 aliphatic carbocycles. The van der Waals surface area contributed by atoms with Crippen molar-refractivity contribution in [2.75, 3.05) is 0 Å². The van der Waals surface area contributed by atoms with Crippen LogP contribution in [-0.4, -0.2) is 0 Å². The Morgan fingerprint density at radius 2 is 0.444 bits per heavy atom. The van der Waals surface area contributed by atoms with Gasteiger partial charge in [-0.2, -0.15) is 0 Å². The zero-order valence-corrected chi connectivity index (χ0v) is 13.3. The van der Waals surface area contributed by atoms with Crippen LogP contribution >= 0.6 is 0 Å². The van der Waals surface area contributed by atoms with Crippen LogP contribution in [0.25, 0.3) is 0 Å². The van der Waals surface area contributed by atoms with Crippen molar-refractivity contribution < 1.29 is 132 Å². The van der Waals surface area contributed by atoms with Crippen LogP contribution in [0.3, 0.4) is 0 Å². The molecule has 0 spiro atoms. The van der Waals surface area contributed by atoms with E-state index in [1.165, 1.54) is 0 Å². The molecule has 0 aliphatic heterocycles.